The van der Waals surface area contributed by atoms with Gasteiger partial charge in [0.15, 0.2) is 0 Å². The standard InChI is InChI=1S/C14H11F5N2/c15-10-4-1-8(2-5-10)13(21-20)9-3-6-12(16)11(7-9)14(17,18)19/h1-7,13,21H,20H2. The molecule has 1 atom stereocenters. The molecule has 0 amide bonds. The van der Waals surface area contributed by atoms with Crippen LogP contribution in [0.1, 0.15) is 22.7 Å². The molecule has 1 unspecified atom stereocenters. The zero-order chi connectivity index (χ0) is 15.6. The SMILES string of the molecule is NNC(c1ccc(F)cc1)c1ccc(F)c(C(F)(F)F)c1. The van der Waals surface area contributed by atoms with Crippen molar-refractivity contribution in [3.63, 3.8) is 0 Å². The van der Waals surface area contributed by atoms with E-state index in [2.05, 4.69) is 5.43 Å². The summed E-state index contributed by atoms with van der Waals surface area (Å²) >= 11 is 0. The number of hydrogen-bond donors (Lipinski definition) is 2. The Kier molecular flexibility index (Phi) is 4.24. The minimum atomic E-state index is -4.80. The van der Waals surface area contributed by atoms with Crippen molar-refractivity contribution >= 4 is 0 Å². The molecule has 2 aromatic rings. The summed E-state index contributed by atoms with van der Waals surface area (Å²) in [4.78, 5) is 0. The van der Waals surface area contributed by atoms with Crippen LogP contribution < -0.4 is 11.3 Å². The highest BCUT2D eigenvalue weighted by molar-refractivity contribution is 5.35. The molecule has 0 bridgehead atoms. The minimum Gasteiger partial charge on any atom is -0.271 e. The Labute approximate surface area is 117 Å². The average molecular weight is 302 g/mol. The van der Waals surface area contributed by atoms with Crippen LogP contribution in [-0.4, -0.2) is 0 Å². The number of nitrogens with two attached hydrogens (primary N) is 1. The number of alkyl halides is 3. The van der Waals surface area contributed by atoms with E-state index in [0.717, 1.165) is 18.2 Å². The van der Waals surface area contributed by atoms with Gasteiger partial charge in [-0.15, -0.1) is 0 Å². The molecule has 0 aliphatic rings. The first-order valence-corrected chi connectivity index (χ1v) is 5.91. The van der Waals surface area contributed by atoms with Crippen molar-refractivity contribution in [3.05, 3.63) is 70.8 Å². The van der Waals surface area contributed by atoms with Gasteiger partial charge in [-0.05, 0) is 35.4 Å². The molecule has 0 aromatic heterocycles. The third-order valence-electron chi connectivity index (χ3n) is 3.00. The van der Waals surface area contributed by atoms with Crippen molar-refractivity contribution in [2.45, 2.75) is 12.2 Å². The van der Waals surface area contributed by atoms with Gasteiger partial charge in [0.25, 0.3) is 0 Å². The molecule has 0 heterocycles. The van der Waals surface area contributed by atoms with E-state index in [0.29, 0.717) is 11.6 Å². The minimum absolute atomic E-state index is 0.123. The molecule has 2 rings (SSSR count). The van der Waals surface area contributed by atoms with Gasteiger partial charge in [0.1, 0.15) is 11.6 Å². The predicted molar refractivity (Wildman–Crippen MR) is 67.0 cm³/mol. The second kappa shape index (κ2) is 5.79. The molecule has 3 N–H and O–H groups in total. The molecule has 7 heteroatoms. The van der Waals surface area contributed by atoms with E-state index < -0.39 is 29.4 Å². The van der Waals surface area contributed by atoms with Crippen LogP contribution in [0.15, 0.2) is 42.5 Å². The first-order valence-electron chi connectivity index (χ1n) is 5.91. The number of hydrazine groups is 1. The molecule has 2 aromatic carbocycles. The van der Waals surface area contributed by atoms with Crippen molar-refractivity contribution < 1.29 is 22.0 Å². The van der Waals surface area contributed by atoms with Gasteiger partial charge in [-0.2, -0.15) is 13.2 Å². The van der Waals surface area contributed by atoms with Crippen LogP contribution in [0.25, 0.3) is 0 Å². The number of halogens is 5. The Bertz CT molecular complexity index is 622. The zero-order valence-corrected chi connectivity index (χ0v) is 10.6. The van der Waals surface area contributed by atoms with Crippen LogP contribution in [0.5, 0.6) is 0 Å². The second-order valence-corrected chi connectivity index (χ2v) is 4.39. The Morgan fingerprint density at radius 1 is 0.905 bits per heavy atom. The molecule has 0 aliphatic carbocycles. The Morgan fingerprint density at radius 2 is 1.48 bits per heavy atom. The van der Waals surface area contributed by atoms with E-state index >= 15 is 0 Å². The lowest BCUT2D eigenvalue weighted by molar-refractivity contribution is -0.140. The van der Waals surface area contributed by atoms with Crippen molar-refractivity contribution in [2.24, 2.45) is 5.84 Å². The van der Waals surface area contributed by atoms with Gasteiger partial charge in [-0.25, -0.2) is 14.2 Å². The van der Waals surface area contributed by atoms with Gasteiger partial charge >= 0.3 is 6.18 Å². The highest BCUT2D eigenvalue weighted by atomic mass is 19.4. The van der Waals surface area contributed by atoms with Crippen molar-refractivity contribution in [2.75, 3.05) is 0 Å². The second-order valence-electron chi connectivity index (χ2n) is 4.39. The first kappa shape index (κ1) is 15.4. The molecule has 21 heavy (non-hydrogen) atoms. The Hall–Kier alpha value is -1.99. The third kappa shape index (κ3) is 3.37. The number of benzene rings is 2. The summed E-state index contributed by atoms with van der Waals surface area (Å²) in [6.45, 7) is 0. The van der Waals surface area contributed by atoms with E-state index in [4.69, 9.17) is 5.84 Å². The lowest BCUT2D eigenvalue weighted by atomic mass is 9.97. The van der Waals surface area contributed by atoms with Crippen LogP contribution >= 0.6 is 0 Å². The normalized spacial score (nSPS) is 13.2. The fourth-order valence-corrected chi connectivity index (χ4v) is 1.98. The van der Waals surface area contributed by atoms with Gasteiger partial charge in [0.2, 0.25) is 0 Å². The van der Waals surface area contributed by atoms with Gasteiger partial charge in [0.05, 0.1) is 11.6 Å². The molecule has 0 saturated heterocycles. The highest BCUT2D eigenvalue weighted by Crippen LogP contribution is 2.34. The van der Waals surface area contributed by atoms with E-state index in [1.807, 2.05) is 0 Å². The van der Waals surface area contributed by atoms with Gasteiger partial charge in [-0.3, -0.25) is 5.84 Å². The van der Waals surface area contributed by atoms with Crippen molar-refractivity contribution in [3.8, 4) is 0 Å². The van der Waals surface area contributed by atoms with Gasteiger partial charge < -0.3 is 0 Å². The molecular weight excluding hydrogens is 291 g/mol. The van der Waals surface area contributed by atoms with Gasteiger partial charge in [0, 0.05) is 0 Å². The number of nitrogens with one attached hydrogen (secondary N) is 1. The van der Waals surface area contributed by atoms with Crippen molar-refractivity contribution in [1.29, 1.82) is 0 Å². The fraction of sp³-hybridized carbons (Fsp3) is 0.143. The van der Waals surface area contributed by atoms with Crippen LogP contribution in [0, 0.1) is 11.6 Å². The number of hydrogen-bond acceptors (Lipinski definition) is 2. The van der Waals surface area contributed by atoms with Crippen LogP contribution in [0.3, 0.4) is 0 Å². The average Bonchev–Trinajstić information content (AvgIpc) is 2.42. The highest BCUT2D eigenvalue weighted by Gasteiger charge is 2.34. The smallest absolute Gasteiger partial charge is 0.271 e. The maximum Gasteiger partial charge on any atom is 0.419 e. The summed E-state index contributed by atoms with van der Waals surface area (Å²) in [5.74, 6) is 3.51. The van der Waals surface area contributed by atoms with E-state index in [9.17, 15) is 22.0 Å². The summed E-state index contributed by atoms with van der Waals surface area (Å²) in [5.41, 5.74) is 1.55. The van der Waals surface area contributed by atoms with Crippen LogP contribution in [0.4, 0.5) is 22.0 Å². The lowest BCUT2D eigenvalue weighted by Crippen LogP contribution is -2.29. The molecule has 0 spiro atoms. The third-order valence-corrected chi connectivity index (χ3v) is 3.00. The molecule has 2 nitrogen and oxygen atoms in total. The summed E-state index contributed by atoms with van der Waals surface area (Å²) in [6.07, 6.45) is -4.80. The van der Waals surface area contributed by atoms with Crippen molar-refractivity contribution in [1.82, 2.24) is 5.43 Å². The van der Waals surface area contributed by atoms with E-state index in [1.165, 1.54) is 18.2 Å². The quantitative estimate of drug-likeness (QED) is 0.517. The lowest BCUT2D eigenvalue weighted by Gasteiger charge is -2.18. The predicted octanol–water partition coefficient (Wildman–Crippen LogP) is 3.54. The summed E-state index contributed by atoms with van der Waals surface area (Å²) in [6, 6.07) is 6.88. The molecule has 0 fully saturated rings. The molecule has 112 valence electrons. The Balaban J connectivity index is 2.46. The number of rotatable bonds is 3. The summed E-state index contributed by atoms with van der Waals surface area (Å²) in [7, 11) is 0. The topological polar surface area (TPSA) is 38.0 Å². The molecular formula is C14H11F5N2. The zero-order valence-electron chi connectivity index (χ0n) is 10.6. The van der Waals surface area contributed by atoms with E-state index in [1.54, 1.807) is 0 Å². The molecule has 0 radical (unpaired) electrons. The molecule has 0 aliphatic heterocycles. The summed E-state index contributed by atoms with van der Waals surface area (Å²) in [5, 5.41) is 0. The van der Waals surface area contributed by atoms with E-state index in [-0.39, 0.29) is 5.56 Å². The Morgan fingerprint density at radius 3 is 2.00 bits per heavy atom. The van der Waals surface area contributed by atoms with Crippen LogP contribution in [0.2, 0.25) is 0 Å². The first-order chi connectivity index (χ1) is 9.82. The maximum absolute atomic E-state index is 13.3. The fourth-order valence-electron chi connectivity index (χ4n) is 1.98. The van der Waals surface area contributed by atoms with Gasteiger partial charge in [-0.1, -0.05) is 18.2 Å². The largest absolute Gasteiger partial charge is 0.419 e. The molecule has 0 saturated carbocycles. The van der Waals surface area contributed by atoms with Crippen LogP contribution in [-0.2, 0) is 6.18 Å². The monoisotopic (exact) mass is 302 g/mol. The maximum atomic E-state index is 13.3. The summed E-state index contributed by atoms with van der Waals surface area (Å²) < 4.78 is 64.3.